The number of anilines is 1. The summed E-state index contributed by atoms with van der Waals surface area (Å²) >= 11 is 3.20. The third-order valence-electron chi connectivity index (χ3n) is 2.19. The highest BCUT2D eigenvalue weighted by Gasteiger charge is 2.15. The van der Waals surface area contributed by atoms with Gasteiger partial charge >= 0.3 is 6.09 Å². The van der Waals surface area contributed by atoms with Gasteiger partial charge in [0.2, 0.25) is 0 Å². The number of nitrogens with one attached hydrogen (secondary N) is 2. The summed E-state index contributed by atoms with van der Waals surface area (Å²) in [6.45, 7) is 6.22. The first-order chi connectivity index (χ1) is 9.20. The summed E-state index contributed by atoms with van der Waals surface area (Å²) in [6, 6.07) is 0. The van der Waals surface area contributed by atoms with Gasteiger partial charge in [0.25, 0.3) is 5.56 Å². The van der Waals surface area contributed by atoms with Gasteiger partial charge in [0.1, 0.15) is 10.1 Å². The predicted octanol–water partition coefficient (Wildman–Crippen LogP) is 1.48. The number of halogens is 1. The minimum absolute atomic E-state index is 0.227. The summed E-state index contributed by atoms with van der Waals surface area (Å²) in [5.74, 6) is 0. The van der Waals surface area contributed by atoms with Crippen molar-refractivity contribution in [2.24, 2.45) is 7.05 Å². The molecule has 1 aromatic rings. The van der Waals surface area contributed by atoms with Crippen LogP contribution in [0.4, 0.5) is 10.5 Å². The van der Waals surface area contributed by atoms with Gasteiger partial charge in [-0.2, -0.15) is 5.10 Å². The number of carbonyl (C=O) groups excluding carboxylic acids is 1. The highest BCUT2D eigenvalue weighted by Crippen LogP contribution is 2.15. The van der Waals surface area contributed by atoms with Crippen molar-refractivity contribution in [1.29, 1.82) is 0 Å². The van der Waals surface area contributed by atoms with Crippen LogP contribution in [-0.2, 0) is 11.8 Å². The van der Waals surface area contributed by atoms with Crippen LogP contribution >= 0.6 is 15.9 Å². The topological polar surface area (TPSA) is 85.2 Å². The molecule has 1 aromatic heterocycles. The van der Waals surface area contributed by atoms with Crippen LogP contribution in [-0.4, -0.2) is 34.6 Å². The van der Waals surface area contributed by atoms with E-state index in [0.29, 0.717) is 23.2 Å². The molecule has 1 amide bonds. The standard InChI is InChI=1S/C12H19BrN4O3/c1-12(2,3)20-11(19)15-6-5-14-8-7-16-17(4)10(18)9(8)13/h7,14H,5-6H2,1-4H3,(H,15,19). The Balaban J connectivity index is 2.41. The third kappa shape index (κ3) is 5.20. The van der Waals surface area contributed by atoms with Crippen molar-refractivity contribution in [3.05, 3.63) is 21.0 Å². The molecule has 2 N–H and O–H groups in total. The molecule has 0 radical (unpaired) electrons. The van der Waals surface area contributed by atoms with E-state index in [-0.39, 0.29) is 5.56 Å². The smallest absolute Gasteiger partial charge is 0.407 e. The zero-order valence-electron chi connectivity index (χ0n) is 12.0. The Labute approximate surface area is 125 Å². The number of hydrogen-bond acceptors (Lipinski definition) is 5. The quantitative estimate of drug-likeness (QED) is 0.806. The van der Waals surface area contributed by atoms with Crippen molar-refractivity contribution < 1.29 is 9.53 Å². The molecule has 0 spiro atoms. The predicted molar refractivity (Wildman–Crippen MR) is 79.9 cm³/mol. The number of amides is 1. The van der Waals surface area contributed by atoms with E-state index >= 15 is 0 Å². The Hall–Kier alpha value is -1.57. The number of aryl methyl sites for hydroxylation is 1. The second kappa shape index (κ2) is 6.74. The van der Waals surface area contributed by atoms with Gasteiger partial charge < -0.3 is 15.4 Å². The number of rotatable bonds is 4. The minimum Gasteiger partial charge on any atom is -0.444 e. The molecule has 0 bridgehead atoms. The molecule has 20 heavy (non-hydrogen) atoms. The van der Waals surface area contributed by atoms with E-state index in [0.717, 1.165) is 0 Å². The van der Waals surface area contributed by atoms with E-state index in [1.54, 1.807) is 34.0 Å². The molecule has 0 aliphatic heterocycles. The number of alkyl carbamates (subject to hydrolysis) is 1. The molecule has 0 aliphatic carbocycles. The number of aromatic nitrogens is 2. The first-order valence-corrected chi connectivity index (χ1v) is 6.92. The Morgan fingerprint density at radius 2 is 2.10 bits per heavy atom. The van der Waals surface area contributed by atoms with E-state index in [4.69, 9.17) is 4.74 Å². The van der Waals surface area contributed by atoms with Crippen LogP contribution in [0.3, 0.4) is 0 Å². The van der Waals surface area contributed by atoms with Crippen LogP contribution in [0.25, 0.3) is 0 Å². The van der Waals surface area contributed by atoms with Gasteiger partial charge in [-0.05, 0) is 36.7 Å². The molecule has 0 aromatic carbocycles. The van der Waals surface area contributed by atoms with Gasteiger partial charge in [0.15, 0.2) is 0 Å². The lowest BCUT2D eigenvalue weighted by atomic mass is 10.2. The van der Waals surface area contributed by atoms with Crippen LogP contribution in [0, 0.1) is 0 Å². The zero-order valence-corrected chi connectivity index (χ0v) is 13.6. The average Bonchev–Trinajstić information content (AvgIpc) is 2.32. The zero-order chi connectivity index (χ0) is 15.3. The molecular weight excluding hydrogens is 328 g/mol. The third-order valence-corrected chi connectivity index (χ3v) is 2.95. The van der Waals surface area contributed by atoms with Gasteiger partial charge in [-0.15, -0.1) is 0 Å². The maximum atomic E-state index is 11.6. The molecule has 0 unspecified atom stereocenters. The van der Waals surface area contributed by atoms with Crippen molar-refractivity contribution in [3.63, 3.8) is 0 Å². The molecule has 8 heteroatoms. The number of ether oxygens (including phenoxy) is 1. The van der Waals surface area contributed by atoms with Crippen molar-refractivity contribution >= 4 is 27.7 Å². The maximum absolute atomic E-state index is 11.6. The van der Waals surface area contributed by atoms with Crippen LogP contribution in [0.5, 0.6) is 0 Å². The summed E-state index contributed by atoms with van der Waals surface area (Å²) in [4.78, 5) is 23.0. The summed E-state index contributed by atoms with van der Waals surface area (Å²) in [5, 5.41) is 9.52. The van der Waals surface area contributed by atoms with Gasteiger partial charge in [-0.3, -0.25) is 4.79 Å². The molecule has 0 aliphatic rings. The monoisotopic (exact) mass is 346 g/mol. The Morgan fingerprint density at radius 3 is 2.70 bits per heavy atom. The molecule has 1 heterocycles. The van der Waals surface area contributed by atoms with Crippen LogP contribution in [0.1, 0.15) is 20.8 Å². The normalized spacial score (nSPS) is 11.1. The van der Waals surface area contributed by atoms with Gasteiger partial charge in [-0.1, -0.05) is 0 Å². The molecule has 1 rings (SSSR count). The summed E-state index contributed by atoms with van der Waals surface area (Å²) in [5.41, 5.74) is -0.162. The summed E-state index contributed by atoms with van der Waals surface area (Å²) < 4.78 is 6.74. The van der Waals surface area contributed by atoms with E-state index in [9.17, 15) is 9.59 Å². The molecular formula is C12H19BrN4O3. The molecule has 0 fully saturated rings. The first-order valence-electron chi connectivity index (χ1n) is 6.13. The average molecular weight is 347 g/mol. The van der Waals surface area contributed by atoms with E-state index in [1.165, 1.54) is 4.68 Å². The van der Waals surface area contributed by atoms with E-state index in [1.807, 2.05) is 0 Å². The maximum Gasteiger partial charge on any atom is 0.407 e. The first kappa shape index (κ1) is 16.5. The van der Waals surface area contributed by atoms with Crippen LogP contribution in [0.2, 0.25) is 0 Å². The van der Waals surface area contributed by atoms with Crippen LogP contribution < -0.4 is 16.2 Å². The minimum atomic E-state index is -0.518. The fourth-order valence-corrected chi connectivity index (χ4v) is 1.81. The summed E-state index contributed by atoms with van der Waals surface area (Å²) in [7, 11) is 1.57. The Bertz CT molecular complexity index is 536. The fourth-order valence-electron chi connectivity index (χ4n) is 1.31. The molecule has 0 saturated carbocycles. The number of nitrogens with zero attached hydrogens (tertiary/aromatic N) is 2. The van der Waals surface area contributed by atoms with E-state index < -0.39 is 11.7 Å². The van der Waals surface area contributed by atoms with Crippen molar-refractivity contribution in [2.45, 2.75) is 26.4 Å². The molecule has 112 valence electrons. The van der Waals surface area contributed by atoms with Gasteiger partial charge in [0, 0.05) is 20.1 Å². The van der Waals surface area contributed by atoms with Crippen LogP contribution in [0.15, 0.2) is 15.5 Å². The lowest BCUT2D eigenvalue weighted by Crippen LogP contribution is -2.35. The summed E-state index contributed by atoms with van der Waals surface area (Å²) in [6.07, 6.45) is 1.07. The SMILES string of the molecule is Cn1ncc(NCCNC(=O)OC(C)(C)C)c(Br)c1=O. The van der Waals surface area contributed by atoms with Gasteiger partial charge in [-0.25, -0.2) is 9.48 Å². The molecule has 7 nitrogen and oxygen atoms in total. The van der Waals surface area contributed by atoms with Crippen molar-refractivity contribution in [2.75, 3.05) is 18.4 Å². The van der Waals surface area contributed by atoms with Crippen molar-refractivity contribution in [3.8, 4) is 0 Å². The number of hydrogen-bond donors (Lipinski definition) is 2. The molecule has 0 saturated heterocycles. The second-order valence-electron chi connectivity index (χ2n) is 5.16. The fraction of sp³-hybridized carbons (Fsp3) is 0.583. The Morgan fingerprint density at radius 1 is 1.45 bits per heavy atom. The van der Waals surface area contributed by atoms with Crippen molar-refractivity contribution in [1.82, 2.24) is 15.1 Å². The van der Waals surface area contributed by atoms with Gasteiger partial charge in [0.05, 0.1) is 11.9 Å². The lowest BCUT2D eigenvalue weighted by Gasteiger charge is -2.19. The van der Waals surface area contributed by atoms with E-state index in [2.05, 4.69) is 31.7 Å². The highest BCUT2D eigenvalue weighted by atomic mass is 79.9. The lowest BCUT2D eigenvalue weighted by molar-refractivity contribution is 0.0530. The highest BCUT2D eigenvalue weighted by molar-refractivity contribution is 9.10. The molecule has 0 atom stereocenters. The second-order valence-corrected chi connectivity index (χ2v) is 5.95. The Kier molecular flexibility index (Phi) is 5.55. The number of carbonyl (C=O) groups is 1. The largest absolute Gasteiger partial charge is 0.444 e.